The number of aliphatic hydroxyl groups is 1. The SMILES string of the molecule is Cc1cn([C@H]2C[C@H](n3nncc3C3CCCCC3)[C@@H](CO)O2)c(=O)[nH]c1=O. The van der Waals surface area contributed by atoms with Gasteiger partial charge in [0.25, 0.3) is 5.56 Å². The van der Waals surface area contributed by atoms with Crippen molar-refractivity contribution < 1.29 is 9.84 Å². The number of ether oxygens (including phenoxy) is 1. The van der Waals surface area contributed by atoms with E-state index in [1.807, 2.05) is 10.9 Å². The topological polar surface area (TPSA) is 115 Å². The largest absolute Gasteiger partial charge is 0.394 e. The van der Waals surface area contributed by atoms with Crippen LogP contribution >= 0.6 is 0 Å². The fourth-order valence-electron chi connectivity index (χ4n) is 4.31. The quantitative estimate of drug-likeness (QED) is 0.824. The lowest BCUT2D eigenvalue weighted by atomic mass is 9.87. The van der Waals surface area contributed by atoms with E-state index in [2.05, 4.69) is 15.3 Å². The zero-order valence-electron chi connectivity index (χ0n) is 15.4. The molecule has 4 rings (SSSR count). The first-order valence-electron chi connectivity index (χ1n) is 9.57. The van der Waals surface area contributed by atoms with Crippen molar-refractivity contribution in [1.29, 1.82) is 0 Å². The molecule has 27 heavy (non-hydrogen) atoms. The van der Waals surface area contributed by atoms with Crippen LogP contribution in [0.5, 0.6) is 0 Å². The van der Waals surface area contributed by atoms with E-state index in [1.54, 1.807) is 6.92 Å². The van der Waals surface area contributed by atoms with Crippen molar-refractivity contribution in [1.82, 2.24) is 24.5 Å². The maximum Gasteiger partial charge on any atom is 0.330 e. The molecule has 0 radical (unpaired) electrons. The maximum atomic E-state index is 12.2. The summed E-state index contributed by atoms with van der Waals surface area (Å²) in [6.07, 6.45) is 8.64. The van der Waals surface area contributed by atoms with Gasteiger partial charge in [0, 0.05) is 24.1 Å². The predicted molar refractivity (Wildman–Crippen MR) is 96.6 cm³/mol. The van der Waals surface area contributed by atoms with E-state index in [-0.39, 0.29) is 12.6 Å². The highest BCUT2D eigenvalue weighted by atomic mass is 16.5. The molecule has 2 aromatic rings. The molecule has 2 fully saturated rings. The summed E-state index contributed by atoms with van der Waals surface area (Å²) in [4.78, 5) is 26.1. The zero-order valence-corrected chi connectivity index (χ0v) is 15.4. The number of aromatic amines is 1. The average Bonchev–Trinajstić information content (AvgIpc) is 3.31. The zero-order chi connectivity index (χ0) is 19.0. The van der Waals surface area contributed by atoms with Crippen LogP contribution in [0.1, 0.15) is 68.0 Å². The number of hydrogen-bond donors (Lipinski definition) is 2. The summed E-state index contributed by atoms with van der Waals surface area (Å²) in [7, 11) is 0. The number of aliphatic hydroxyl groups excluding tert-OH is 1. The van der Waals surface area contributed by atoms with E-state index in [0.29, 0.717) is 17.9 Å². The van der Waals surface area contributed by atoms with Gasteiger partial charge in [0.2, 0.25) is 0 Å². The van der Waals surface area contributed by atoms with Crippen LogP contribution < -0.4 is 11.2 Å². The standard InChI is InChI=1S/C18H25N5O4/c1-11-9-22(18(26)20-17(11)25)16-7-13(15(10-24)27-16)23-14(8-19-21-23)12-5-3-2-4-6-12/h8-9,12-13,15-16,24H,2-7,10H2,1H3,(H,20,25,26)/t13-,15+,16+/m0/s1. The Labute approximate surface area is 156 Å². The second-order valence-electron chi connectivity index (χ2n) is 7.53. The molecular formula is C18H25N5O4. The Morgan fingerprint density at radius 3 is 2.81 bits per heavy atom. The highest BCUT2D eigenvalue weighted by molar-refractivity contribution is 5.08. The van der Waals surface area contributed by atoms with Crippen molar-refractivity contribution >= 4 is 0 Å². The number of hydrogen-bond acceptors (Lipinski definition) is 6. The summed E-state index contributed by atoms with van der Waals surface area (Å²) in [5.74, 6) is 0.421. The molecule has 0 spiro atoms. The first-order valence-corrected chi connectivity index (χ1v) is 9.57. The van der Waals surface area contributed by atoms with Crippen molar-refractivity contribution in [2.24, 2.45) is 0 Å². The van der Waals surface area contributed by atoms with Crippen molar-refractivity contribution in [2.45, 2.75) is 69.7 Å². The lowest BCUT2D eigenvalue weighted by Gasteiger charge is -2.25. The van der Waals surface area contributed by atoms with E-state index < -0.39 is 23.6 Å². The molecule has 0 amide bonds. The molecule has 1 saturated carbocycles. The van der Waals surface area contributed by atoms with Gasteiger partial charge < -0.3 is 9.84 Å². The second-order valence-corrected chi connectivity index (χ2v) is 7.53. The molecule has 2 aromatic heterocycles. The molecule has 3 atom stereocenters. The molecule has 1 aliphatic heterocycles. The number of nitrogens with one attached hydrogen (secondary N) is 1. The summed E-state index contributed by atoms with van der Waals surface area (Å²) in [6.45, 7) is 1.46. The Balaban J connectivity index is 1.63. The van der Waals surface area contributed by atoms with Gasteiger partial charge in [-0.2, -0.15) is 0 Å². The fourth-order valence-corrected chi connectivity index (χ4v) is 4.31. The minimum absolute atomic E-state index is 0.178. The highest BCUT2D eigenvalue weighted by Crippen LogP contribution is 2.39. The smallest absolute Gasteiger partial charge is 0.330 e. The van der Waals surface area contributed by atoms with Crippen LogP contribution in [0.25, 0.3) is 0 Å². The summed E-state index contributed by atoms with van der Waals surface area (Å²) in [6, 6.07) is -0.210. The number of nitrogens with zero attached hydrogens (tertiary/aromatic N) is 4. The first-order chi connectivity index (χ1) is 13.1. The van der Waals surface area contributed by atoms with Crippen LogP contribution in [-0.4, -0.2) is 42.4 Å². The summed E-state index contributed by atoms with van der Waals surface area (Å²) in [5.41, 5.74) is 0.595. The number of aromatic nitrogens is 5. The van der Waals surface area contributed by atoms with Crippen molar-refractivity contribution in [3.05, 3.63) is 44.5 Å². The normalized spacial score (nSPS) is 26.5. The van der Waals surface area contributed by atoms with Crippen molar-refractivity contribution in [3.63, 3.8) is 0 Å². The molecule has 2 aliphatic rings. The summed E-state index contributed by atoms with van der Waals surface area (Å²) < 4.78 is 9.21. The average molecular weight is 375 g/mol. The van der Waals surface area contributed by atoms with Crippen LogP contribution in [0, 0.1) is 6.92 Å². The van der Waals surface area contributed by atoms with E-state index in [4.69, 9.17) is 4.74 Å². The minimum Gasteiger partial charge on any atom is -0.394 e. The monoisotopic (exact) mass is 375 g/mol. The van der Waals surface area contributed by atoms with Gasteiger partial charge in [-0.3, -0.25) is 14.3 Å². The van der Waals surface area contributed by atoms with Crippen LogP contribution in [0.15, 0.2) is 22.0 Å². The second kappa shape index (κ2) is 7.40. The van der Waals surface area contributed by atoms with Crippen LogP contribution in [0.4, 0.5) is 0 Å². The Hall–Kier alpha value is -2.26. The lowest BCUT2D eigenvalue weighted by Crippen LogP contribution is -2.33. The van der Waals surface area contributed by atoms with Gasteiger partial charge in [-0.1, -0.05) is 24.5 Å². The molecule has 0 aromatic carbocycles. The lowest BCUT2D eigenvalue weighted by molar-refractivity contribution is -0.0326. The third kappa shape index (κ3) is 3.37. The Kier molecular flexibility index (Phi) is 4.96. The minimum atomic E-state index is -0.571. The van der Waals surface area contributed by atoms with Gasteiger partial charge in [-0.15, -0.1) is 5.10 Å². The summed E-state index contributed by atoms with van der Waals surface area (Å²) >= 11 is 0. The van der Waals surface area contributed by atoms with E-state index >= 15 is 0 Å². The van der Waals surface area contributed by atoms with Gasteiger partial charge in [0.05, 0.1) is 24.5 Å². The van der Waals surface area contributed by atoms with Crippen molar-refractivity contribution in [3.8, 4) is 0 Å². The van der Waals surface area contributed by atoms with E-state index in [1.165, 1.54) is 30.0 Å². The van der Waals surface area contributed by atoms with Crippen molar-refractivity contribution in [2.75, 3.05) is 6.61 Å². The molecule has 2 N–H and O–H groups in total. The molecule has 0 bridgehead atoms. The molecule has 0 unspecified atom stereocenters. The molecule has 146 valence electrons. The molecule has 3 heterocycles. The van der Waals surface area contributed by atoms with Gasteiger partial charge in [-0.05, 0) is 19.8 Å². The maximum absolute atomic E-state index is 12.2. The van der Waals surface area contributed by atoms with Gasteiger partial charge in [0.15, 0.2) is 0 Å². The third-order valence-electron chi connectivity index (χ3n) is 5.78. The summed E-state index contributed by atoms with van der Waals surface area (Å²) in [5, 5.41) is 18.2. The van der Waals surface area contributed by atoms with Crippen LogP contribution in [0.2, 0.25) is 0 Å². The van der Waals surface area contributed by atoms with Crippen LogP contribution in [-0.2, 0) is 4.74 Å². The molecule has 1 aliphatic carbocycles. The molecule has 9 nitrogen and oxygen atoms in total. The first kappa shape index (κ1) is 18.1. The number of H-pyrrole nitrogens is 1. The van der Waals surface area contributed by atoms with E-state index in [9.17, 15) is 14.7 Å². The molecular weight excluding hydrogens is 350 g/mol. The predicted octanol–water partition coefficient (Wildman–Crippen LogP) is 1.01. The molecule has 1 saturated heterocycles. The number of rotatable bonds is 4. The Bertz CT molecular complexity index is 911. The Morgan fingerprint density at radius 2 is 2.07 bits per heavy atom. The fraction of sp³-hybridized carbons (Fsp3) is 0.667. The van der Waals surface area contributed by atoms with Crippen LogP contribution in [0.3, 0.4) is 0 Å². The highest BCUT2D eigenvalue weighted by Gasteiger charge is 2.40. The van der Waals surface area contributed by atoms with Gasteiger partial charge in [0.1, 0.15) is 12.3 Å². The van der Waals surface area contributed by atoms with Gasteiger partial charge >= 0.3 is 5.69 Å². The number of aryl methyl sites for hydroxylation is 1. The molecule has 9 heteroatoms. The third-order valence-corrected chi connectivity index (χ3v) is 5.78. The Morgan fingerprint density at radius 1 is 1.30 bits per heavy atom. The van der Waals surface area contributed by atoms with Gasteiger partial charge in [-0.25, -0.2) is 9.48 Å². The van der Waals surface area contributed by atoms with E-state index in [0.717, 1.165) is 18.5 Å².